The van der Waals surface area contributed by atoms with Crippen LogP contribution >= 0.6 is 0 Å². The molecule has 0 radical (unpaired) electrons. The van der Waals surface area contributed by atoms with Gasteiger partial charge < -0.3 is 9.36 Å². The van der Waals surface area contributed by atoms with E-state index in [1.165, 1.54) is 22.3 Å². The van der Waals surface area contributed by atoms with Crippen molar-refractivity contribution in [1.82, 2.24) is 29.5 Å². The van der Waals surface area contributed by atoms with Crippen molar-refractivity contribution in [1.29, 1.82) is 0 Å². The Kier molecular flexibility index (Phi) is 7.54. The van der Waals surface area contributed by atoms with Crippen molar-refractivity contribution in [3.8, 4) is 11.6 Å². The Morgan fingerprint density at radius 1 is 0.528 bits per heavy atom. The summed E-state index contributed by atoms with van der Waals surface area (Å²) >= 11 is 0. The fraction of sp³-hybridized carbons (Fsp3) is 0.448. The topological polar surface area (TPSA) is 61.4 Å². The van der Waals surface area contributed by atoms with Crippen molar-refractivity contribution in [3.05, 3.63) is 79.7 Å². The Balaban J connectivity index is 0.00000361. The second kappa shape index (κ2) is 9.70. The Bertz CT molecular complexity index is 1320. The van der Waals surface area contributed by atoms with Crippen LogP contribution in [-0.2, 0) is 26.5 Å². The molecule has 4 aromatic rings. The van der Waals surface area contributed by atoms with Crippen molar-refractivity contribution in [2.75, 3.05) is 0 Å². The van der Waals surface area contributed by atoms with Crippen LogP contribution in [0.2, 0.25) is 0 Å². The first-order valence-corrected chi connectivity index (χ1v) is 12.1. The smallest absolute Gasteiger partial charge is 0.343 e. The summed E-state index contributed by atoms with van der Waals surface area (Å²) in [7, 11) is 0. The van der Waals surface area contributed by atoms with Crippen LogP contribution in [0.25, 0.3) is 11.6 Å². The van der Waals surface area contributed by atoms with Gasteiger partial charge in [0.05, 0.1) is 11.6 Å². The van der Waals surface area contributed by atoms with E-state index in [1.54, 1.807) is 9.36 Å². The Morgan fingerprint density at radius 2 is 0.861 bits per heavy atom. The van der Waals surface area contributed by atoms with E-state index in [1.807, 2.05) is 27.7 Å². The summed E-state index contributed by atoms with van der Waals surface area (Å²) < 4.78 is 3.59. The molecular weight excluding hydrogens is 627 g/mol. The fourth-order valence-corrected chi connectivity index (χ4v) is 4.72. The summed E-state index contributed by atoms with van der Waals surface area (Å²) in [5, 5.41) is 9.37. The molecule has 0 aromatic carbocycles. The van der Waals surface area contributed by atoms with Crippen molar-refractivity contribution >= 4 is 0 Å². The molecule has 4 aromatic heterocycles. The first-order chi connectivity index (χ1) is 16.2. The van der Waals surface area contributed by atoms with Gasteiger partial charge in [0.15, 0.2) is 0 Å². The second-order valence-corrected chi connectivity index (χ2v) is 10.4. The molecule has 0 saturated heterocycles. The van der Waals surface area contributed by atoms with Gasteiger partial charge in [0.25, 0.3) is 0 Å². The van der Waals surface area contributed by atoms with Crippen molar-refractivity contribution in [3.63, 3.8) is 0 Å². The molecule has 0 spiro atoms. The van der Waals surface area contributed by atoms with Gasteiger partial charge in [-0.25, -0.2) is 0 Å². The Morgan fingerprint density at radius 3 is 1.14 bits per heavy atom. The number of aryl methyl sites for hydroxylation is 4. The molecule has 7 heteroatoms. The molecule has 0 atom stereocenters. The molecule has 4 rings (SSSR count). The molecule has 4 heterocycles. The fourth-order valence-electron chi connectivity index (χ4n) is 4.72. The zero-order valence-electron chi connectivity index (χ0n) is 23.5. The molecule has 0 N–H and O–H groups in total. The number of hydrogen-bond donors (Lipinski definition) is 0. The van der Waals surface area contributed by atoms with Crippen LogP contribution in [0, 0.1) is 81.6 Å². The first-order valence-electron chi connectivity index (χ1n) is 12.1. The van der Waals surface area contributed by atoms with Crippen LogP contribution < -0.4 is 0 Å². The van der Waals surface area contributed by atoms with Gasteiger partial charge in [-0.2, -0.15) is 0 Å². The maximum absolute atomic E-state index is 5.22. The minimum Gasteiger partial charge on any atom is -0.343 e. The number of nitrogens with zero attached hydrogens (tertiary/aromatic N) is 6. The zero-order chi connectivity index (χ0) is 26.0. The molecule has 0 bridgehead atoms. The standard InChI is InChI=1S/C29H36N6.Pt/c1-15-13-34(32-23(15)9)27-21(7)17(3)19(5)25(30-27)29(11,12)26-20(6)18(4)22(8)28(31-26)35-14-16(2)24(10)33-35;/h1-12H3;/q-2;+2. The number of pyridine rings is 2. The molecule has 36 heavy (non-hydrogen) atoms. The molecule has 0 saturated carbocycles. The van der Waals surface area contributed by atoms with E-state index in [9.17, 15) is 0 Å². The molecule has 0 aliphatic rings. The van der Waals surface area contributed by atoms with E-state index in [0.717, 1.165) is 56.7 Å². The maximum atomic E-state index is 5.22. The molecule has 0 unspecified atom stereocenters. The van der Waals surface area contributed by atoms with Crippen LogP contribution in [0.5, 0.6) is 0 Å². The van der Waals surface area contributed by atoms with Gasteiger partial charge in [-0.1, -0.05) is 62.3 Å². The second-order valence-electron chi connectivity index (χ2n) is 10.4. The summed E-state index contributed by atoms with van der Waals surface area (Å²) in [6.07, 6.45) is 6.69. The van der Waals surface area contributed by atoms with Crippen molar-refractivity contribution < 1.29 is 21.1 Å². The molecule has 0 amide bonds. The van der Waals surface area contributed by atoms with Gasteiger partial charge >= 0.3 is 21.1 Å². The quantitative estimate of drug-likeness (QED) is 0.257. The average molecular weight is 664 g/mol. The van der Waals surface area contributed by atoms with Crippen molar-refractivity contribution in [2.45, 2.75) is 88.5 Å². The third-order valence-electron chi connectivity index (χ3n) is 7.78. The predicted molar refractivity (Wildman–Crippen MR) is 140 cm³/mol. The summed E-state index contributed by atoms with van der Waals surface area (Å²) in [5.41, 5.74) is 12.5. The van der Waals surface area contributed by atoms with Crippen molar-refractivity contribution in [2.24, 2.45) is 0 Å². The number of aromatic nitrogens is 6. The summed E-state index contributed by atoms with van der Waals surface area (Å²) in [6.45, 7) is 25.3. The van der Waals surface area contributed by atoms with Crippen LogP contribution in [-0.4, -0.2) is 29.5 Å². The van der Waals surface area contributed by atoms with Gasteiger partial charge in [0.1, 0.15) is 0 Å². The minimum absolute atomic E-state index is 0. The van der Waals surface area contributed by atoms with Gasteiger partial charge in [-0.05, 0) is 77.9 Å². The first kappa shape index (κ1) is 28.0. The molecule has 0 aliphatic heterocycles. The molecule has 192 valence electrons. The summed E-state index contributed by atoms with van der Waals surface area (Å²) in [5.74, 6) is 1.64. The number of rotatable bonds is 4. The maximum Gasteiger partial charge on any atom is 2.00 e. The van der Waals surface area contributed by atoms with E-state index in [4.69, 9.17) is 9.97 Å². The van der Waals surface area contributed by atoms with Crippen LogP contribution in [0.3, 0.4) is 0 Å². The average Bonchev–Trinajstić information content (AvgIpc) is 3.30. The summed E-state index contributed by atoms with van der Waals surface area (Å²) in [4.78, 5) is 10.4. The molecule has 0 aliphatic carbocycles. The largest absolute Gasteiger partial charge is 2.00 e. The van der Waals surface area contributed by atoms with E-state index in [0.29, 0.717) is 0 Å². The van der Waals surface area contributed by atoms with Gasteiger partial charge in [-0.15, -0.1) is 11.1 Å². The third-order valence-corrected chi connectivity index (χ3v) is 7.78. The van der Waals surface area contributed by atoms with E-state index < -0.39 is 5.41 Å². The Hall–Kier alpha value is -2.59. The normalized spacial score (nSPS) is 11.7. The van der Waals surface area contributed by atoms with Crippen LogP contribution in [0.4, 0.5) is 0 Å². The number of hydrogen-bond acceptors (Lipinski definition) is 4. The SMILES string of the molecule is Cc1[c-]n(-c2nc(C(C)(C)c3nc(-n4[c-]c(C)c(C)n4)c(C)c(C)c3C)c(C)c(C)c2C)nc1C.[Pt+2]. The van der Waals surface area contributed by atoms with E-state index in [-0.39, 0.29) is 21.1 Å². The zero-order valence-corrected chi connectivity index (χ0v) is 25.8. The minimum atomic E-state index is -0.455. The molecular formula is C29H36N6Pt. The molecule has 0 fully saturated rings. The van der Waals surface area contributed by atoms with Crippen LogP contribution in [0.1, 0.15) is 81.1 Å². The Labute approximate surface area is 229 Å². The van der Waals surface area contributed by atoms with Crippen LogP contribution in [0.15, 0.2) is 0 Å². The van der Waals surface area contributed by atoms with E-state index in [2.05, 4.69) is 78.0 Å². The van der Waals surface area contributed by atoms with E-state index >= 15 is 0 Å². The summed E-state index contributed by atoms with van der Waals surface area (Å²) in [6, 6.07) is 0. The predicted octanol–water partition coefficient (Wildman–Crippen LogP) is 5.86. The third kappa shape index (κ3) is 4.38. The van der Waals surface area contributed by atoms with Gasteiger partial charge in [0, 0.05) is 16.8 Å². The molecule has 6 nitrogen and oxygen atoms in total. The monoisotopic (exact) mass is 663 g/mol. The van der Waals surface area contributed by atoms with Gasteiger partial charge in [-0.3, -0.25) is 20.2 Å². The van der Waals surface area contributed by atoms with Gasteiger partial charge in [0.2, 0.25) is 0 Å².